The van der Waals surface area contributed by atoms with Gasteiger partial charge in [0, 0.05) is 5.75 Å². The van der Waals surface area contributed by atoms with E-state index >= 15 is 0 Å². The average molecular weight is 458 g/mol. The summed E-state index contributed by atoms with van der Waals surface area (Å²) < 4.78 is 38.8. The first-order valence-corrected chi connectivity index (χ1v) is 11.1. The summed E-state index contributed by atoms with van der Waals surface area (Å²) in [5, 5.41) is 13.7. The number of nitrogen functional groups attached to an aromatic ring is 1. The zero-order valence-electron chi connectivity index (χ0n) is 16.4. The Morgan fingerprint density at radius 3 is 2.47 bits per heavy atom. The summed E-state index contributed by atoms with van der Waals surface area (Å²) in [5.74, 6) is 1.33. The number of fused-ring (bicyclic) bond motifs is 1. The van der Waals surface area contributed by atoms with Gasteiger partial charge < -0.3 is 16.2 Å². The number of nitrogens with two attached hydrogens (primary N) is 1. The highest BCUT2D eigenvalue weighted by molar-refractivity contribution is 7.98. The summed E-state index contributed by atoms with van der Waals surface area (Å²) in [6.45, 7) is 4.08. The van der Waals surface area contributed by atoms with Crippen LogP contribution >= 0.6 is 23.1 Å². The number of aromatic nitrogens is 3. The summed E-state index contributed by atoms with van der Waals surface area (Å²) >= 11 is 2.55. The van der Waals surface area contributed by atoms with Crippen LogP contribution in [0.5, 0.6) is 0 Å². The molecule has 2 heterocycles. The highest BCUT2D eigenvalue weighted by Gasteiger charge is 2.29. The van der Waals surface area contributed by atoms with Gasteiger partial charge in [-0.15, -0.1) is 0 Å². The molecule has 0 radical (unpaired) electrons. The first-order chi connectivity index (χ1) is 14.2. The molecule has 2 aromatic heterocycles. The van der Waals surface area contributed by atoms with E-state index in [0.717, 1.165) is 24.1 Å². The van der Waals surface area contributed by atoms with Gasteiger partial charge >= 0.3 is 6.18 Å². The molecule has 11 heteroatoms. The van der Waals surface area contributed by atoms with Crippen LogP contribution in [0.4, 0.5) is 24.1 Å². The van der Waals surface area contributed by atoms with E-state index in [0.29, 0.717) is 38.1 Å². The average Bonchev–Trinajstić information content (AvgIpc) is 3.05. The van der Waals surface area contributed by atoms with Crippen LogP contribution in [0.1, 0.15) is 31.4 Å². The molecule has 0 bridgehead atoms. The van der Waals surface area contributed by atoms with Crippen molar-refractivity contribution in [2.24, 2.45) is 5.92 Å². The van der Waals surface area contributed by atoms with Gasteiger partial charge in [0.05, 0.1) is 18.2 Å². The van der Waals surface area contributed by atoms with E-state index in [1.54, 1.807) is 0 Å². The molecule has 0 fully saturated rings. The fourth-order valence-electron chi connectivity index (χ4n) is 2.86. The Hall–Kier alpha value is -2.11. The van der Waals surface area contributed by atoms with Crippen LogP contribution in [0.2, 0.25) is 0 Å². The predicted molar refractivity (Wildman–Crippen MR) is 115 cm³/mol. The van der Waals surface area contributed by atoms with E-state index in [2.05, 4.69) is 34.1 Å². The molecule has 162 valence electrons. The van der Waals surface area contributed by atoms with Gasteiger partial charge in [-0.1, -0.05) is 49.1 Å². The number of alkyl halides is 3. The van der Waals surface area contributed by atoms with Gasteiger partial charge in [0.25, 0.3) is 0 Å². The number of thiazole rings is 1. The number of thioether (sulfide) groups is 1. The molecule has 1 unspecified atom stereocenters. The summed E-state index contributed by atoms with van der Waals surface area (Å²) in [5.41, 5.74) is 6.32. The Morgan fingerprint density at radius 2 is 1.87 bits per heavy atom. The van der Waals surface area contributed by atoms with Gasteiger partial charge in [-0.2, -0.15) is 13.2 Å². The second-order valence-corrected chi connectivity index (χ2v) is 9.17. The third-order valence-electron chi connectivity index (χ3n) is 4.22. The van der Waals surface area contributed by atoms with Crippen LogP contribution in [0.15, 0.2) is 29.4 Å². The number of aliphatic hydroxyl groups excluding tert-OH is 1. The SMILES string of the molecule is CC(C)CC(CO)Nc1nc(SCc2ccc(C(F)(F)F)cc2)nc2nc(N)sc12. The van der Waals surface area contributed by atoms with Crippen LogP contribution in [0.3, 0.4) is 0 Å². The molecule has 0 amide bonds. The number of benzene rings is 1. The molecule has 4 N–H and O–H groups in total. The van der Waals surface area contributed by atoms with Gasteiger partial charge in [-0.3, -0.25) is 0 Å². The predicted octanol–water partition coefficient (Wildman–Crippen LogP) is 4.80. The molecule has 0 spiro atoms. The van der Waals surface area contributed by atoms with Crippen molar-refractivity contribution in [2.45, 2.75) is 43.4 Å². The smallest absolute Gasteiger partial charge is 0.394 e. The Labute approximate surface area is 180 Å². The molecular weight excluding hydrogens is 435 g/mol. The van der Waals surface area contributed by atoms with Crippen LogP contribution < -0.4 is 11.1 Å². The first-order valence-electron chi connectivity index (χ1n) is 9.26. The van der Waals surface area contributed by atoms with Crippen molar-refractivity contribution in [1.82, 2.24) is 15.0 Å². The number of rotatable bonds is 8. The van der Waals surface area contributed by atoms with Gasteiger partial charge in [-0.05, 0) is 30.0 Å². The number of halogens is 3. The van der Waals surface area contributed by atoms with E-state index in [1.807, 2.05) is 0 Å². The molecule has 0 aliphatic heterocycles. The zero-order chi connectivity index (χ0) is 21.9. The lowest BCUT2D eigenvalue weighted by molar-refractivity contribution is -0.137. The van der Waals surface area contributed by atoms with Gasteiger partial charge in [0.2, 0.25) is 0 Å². The maximum atomic E-state index is 12.7. The monoisotopic (exact) mass is 457 g/mol. The fourth-order valence-corrected chi connectivity index (χ4v) is 4.38. The molecule has 1 aromatic carbocycles. The second-order valence-electron chi connectivity index (χ2n) is 7.20. The summed E-state index contributed by atoms with van der Waals surface area (Å²) in [6.07, 6.45) is -3.60. The Bertz CT molecular complexity index is 992. The minimum Gasteiger partial charge on any atom is -0.394 e. The van der Waals surface area contributed by atoms with Crippen molar-refractivity contribution in [3.8, 4) is 0 Å². The van der Waals surface area contributed by atoms with Crippen LogP contribution in [0, 0.1) is 5.92 Å². The van der Waals surface area contributed by atoms with Crippen LogP contribution in [-0.4, -0.2) is 32.7 Å². The van der Waals surface area contributed by atoms with Crippen molar-refractivity contribution in [3.63, 3.8) is 0 Å². The van der Waals surface area contributed by atoms with Gasteiger partial charge in [-0.25, -0.2) is 15.0 Å². The quantitative estimate of drug-likeness (QED) is 0.330. The second kappa shape index (κ2) is 9.36. The van der Waals surface area contributed by atoms with Crippen LogP contribution in [-0.2, 0) is 11.9 Å². The number of nitrogens with zero attached hydrogens (tertiary/aromatic N) is 3. The van der Waals surface area contributed by atoms with E-state index in [4.69, 9.17) is 5.73 Å². The van der Waals surface area contributed by atoms with Crippen molar-refractivity contribution in [1.29, 1.82) is 0 Å². The molecule has 30 heavy (non-hydrogen) atoms. The van der Waals surface area contributed by atoms with Crippen molar-refractivity contribution >= 4 is 44.4 Å². The van der Waals surface area contributed by atoms with Crippen LogP contribution in [0.25, 0.3) is 10.3 Å². The number of hydrogen-bond donors (Lipinski definition) is 3. The lowest BCUT2D eigenvalue weighted by atomic mass is 10.0. The first kappa shape index (κ1) is 22.6. The highest BCUT2D eigenvalue weighted by atomic mass is 32.2. The lowest BCUT2D eigenvalue weighted by Gasteiger charge is -2.19. The summed E-state index contributed by atoms with van der Waals surface area (Å²) in [6, 6.07) is 4.83. The maximum absolute atomic E-state index is 12.7. The molecule has 3 rings (SSSR count). The molecule has 0 saturated heterocycles. The third kappa shape index (κ3) is 5.73. The topological polar surface area (TPSA) is 97.0 Å². The number of nitrogens with one attached hydrogen (secondary N) is 1. The van der Waals surface area contributed by atoms with Crippen molar-refractivity contribution < 1.29 is 18.3 Å². The summed E-state index contributed by atoms with van der Waals surface area (Å²) in [4.78, 5) is 13.2. The summed E-state index contributed by atoms with van der Waals surface area (Å²) in [7, 11) is 0. The zero-order valence-corrected chi connectivity index (χ0v) is 18.0. The van der Waals surface area contributed by atoms with Crippen molar-refractivity contribution in [3.05, 3.63) is 35.4 Å². The third-order valence-corrected chi connectivity index (χ3v) is 6.02. The molecule has 6 nitrogen and oxygen atoms in total. The maximum Gasteiger partial charge on any atom is 0.416 e. The molecule has 0 saturated carbocycles. The van der Waals surface area contributed by atoms with Crippen molar-refractivity contribution in [2.75, 3.05) is 17.7 Å². The minimum absolute atomic E-state index is 0.0496. The molecule has 0 aliphatic carbocycles. The normalized spacial score (nSPS) is 13.2. The molecular formula is C19H22F3N5OS2. The fraction of sp³-hybridized carbons (Fsp3) is 0.421. The minimum atomic E-state index is -4.36. The number of anilines is 2. The Morgan fingerprint density at radius 1 is 1.17 bits per heavy atom. The van der Waals surface area contributed by atoms with E-state index < -0.39 is 11.7 Å². The Balaban J connectivity index is 1.80. The highest BCUT2D eigenvalue weighted by Crippen LogP contribution is 2.33. The molecule has 3 aromatic rings. The van der Waals surface area contributed by atoms with E-state index in [9.17, 15) is 18.3 Å². The van der Waals surface area contributed by atoms with Gasteiger partial charge in [0.1, 0.15) is 4.70 Å². The standard InChI is InChI=1S/C19H22F3N5OS2/c1-10(2)7-13(8-28)24-15-14-16(25-17(23)30-14)27-18(26-15)29-9-11-3-5-12(6-4-11)19(20,21)22/h3-6,10,13,28H,7-9H2,1-2H3,(H3,23,24,25,26,27). The van der Waals surface area contributed by atoms with E-state index in [-0.39, 0.29) is 12.6 Å². The number of aliphatic hydroxyl groups is 1. The largest absolute Gasteiger partial charge is 0.416 e. The lowest BCUT2D eigenvalue weighted by Crippen LogP contribution is -2.26. The molecule has 1 atom stereocenters. The molecule has 0 aliphatic rings. The number of hydrogen-bond acceptors (Lipinski definition) is 8. The van der Waals surface area contributed by atoms with Gasteiger partial charge in [0.15, 0.2) is 21.8 Å². The van der Waals surface area contributed by atoms with E-state index in [1.165, 1.54) is 35.2 Å². The Kier molecular flexibility index (Phi) is 7.04.